The second-order valence-electron chi connectivity index (χ2n) is 9.15. The fourth-order valence-corrected chi connectivity index (χ4v) is 4.54. The maximum Gasteiger partial charge on any atom is 0.224 e. The van der Waals surface area contributed by atoms with Crippen LogP contribution in [-0.2, 0) is 4.79 Å². The van der Waals surface area contributed by atoms with Gasteiger partial charge in [-0.05, 0) is 49.2 Å². The number of carbonyl (C=O) groups excluding carboxylic acids is 1. The van der Waals surface area contributed by atoms with Gasteiger partial charge in [0.1, 0.15) is 17.8 Å². The first-order valence-electron chi connectivity index (χ1n) is 12.3. The zero-order valence-electron chi connectivity index (χ0n) is 20.6. The van der Waals surface area contributed by atoms with Gasteiger partial charge in [-0.3, -0.25) is 19.4 Å². The highest BCUT2D eigenvalue weighted by Crippen LogP contribution is 2.33. The average Bonchev–Trinajstić information content (AvgIpc) is 3.64. The molecule has 3 N–H and O–H groups in total. The summed E-state index contributed by atoms with van der Waals surface area (Å²) < 4.78 is 1.93. The summed E-state index contributed by atoms with van der Waals surface area (Å²) in [6.45, 7) is 4.03. The number of rotatable bonds is 7. The van der Waals surface area contributed by atoms with Crippen molar-refractivity contribution in [3.8, 4) is 28.3 Å². The number of fused-ring (bicyclic) bond motifs is 2. The minimum atomic E-state index is 0.00639. The minimum absolute atomic E-state index is 0.00639. The summed E-state index contributed by atoms with van der Waals surface area (Å²) in [5.41, 5.74) is 7.13. The number of aromatic nitrogens is 7. The van der Waals surface area contributed by atoms with Gasteiger partial charge in [0, 0.05) is 41.3 Å². The number of benzene rings is 1. The predicted octanol–water partition coefficient (Wildman–Crippen LogP) is 5.79. The number of imidazole rings is 1. The number of amides is 1. The van der Waals surface area contributed by atoms with E-state index in [1.807, 2.05) is 42.0 Å². The van der Waals surface area contributed by atoms with Gasteiger partial charge in [0.2, 0.25) is 5.91 Å². The summed E-state index contributed by atoms with van der Waals surface area (Å²) in [6.07, 6.45) is 11.3. The molecular formula is C28H26N8O. The van der Waals surface area contributed by atoms with Gasteiger partial charge in [0.15, 0.2) is 0 Å². The summed E-state index contributed by atoms with van der Waals surface area (Å²) in [5.74, 6) is 0.817. The first-order valence-corrected chi connectivity index (χ1v) is 12.3. The normalized spacial score (nSPS) is 11.4. The summed E-state index contributed by atoms with van der Waals surface area (Å²) in [4.78, 5) is 29.0. The van der Waals surface area contributed by atoms with Gasteiger partial charge in [-0.2, -0.15) is 5.10 Å². The molecule has 0 aliphatic carbocycles. The highest BCUT2D eigenvalue weighted by Gasteiger charge is 2.15. The first-order chi connectivity index (χ1) is 18.1. The van der Waals surface area contributed by atoms with Gasteiger partial charge in [0.05, 0.1) is 34.3 Å². The van der Waals surface area contributed by atoms with Gasteiger partial charge in [-0.1, -0.05) is 19.4 Å². The first kappa shape index (κ1) is 22.7. The molecule has 0 fully saturated rings. The molecule has 0 bridgehead atoms. The maximum absolute atomic E-state index is 12.2. The van der Waals surface area contributed by atoms with Crippen molar-refractivity contribution in [2.75, 3.05) is 5.32 Å². The van der Waals surface area contributed by atoms with Crippen molar-refractivity contribution in [2.24, 2.45) is 0 Å². The largest absolute Gasteiger partial charge is 0.353 e. The molecular weight excluding hydrogens is 464 g/mol. The lowest BCUT2D eigenvalue weighted by molar-refractivity contribution is -0.116. The van der Waals surface area contributed by atoms with E-state index >= 15 is 0 Å². The topological polar surface area (TPSA) is 117 Å². The molecule has 1 amide bonds. The van der Waals surface area contributed by atoms with E-state index in [1.54, 1.807) is 24.9 Å². The molecule has 37 heavy (non-hydrogen) atoms. The number of hydrogen-bond donors (Lipinski definition) is 3. The number of H-pyrrole nitrogens is 2. The van der Waals surface area contributed by atoms with Crippen LogP contribution in [0.5, 0.6) is 0 Å². The molecule has 0 saturated heterocycles. The SMILES string of the molecule is CCCCC(=O)Nc1cncc(-c2ccc3[nH]nc(-c4cc5c(-n6cnc(C)c6)nccc5[nH]4)c3c2)c1. The molecule has 184 valence electrons. The van der Waals surface area contributed by atoms with E-state index in [4.69, 9.17) is 0 Å². The fourth-order valence-electron chi connectivity index (χ4n) is 4.54. The van der Waals surface area contributed by atoms with Crippen LogP contribution < -0.4 is 5.32 Å². The molecule has 0 aliphatic heterocycles. The molecule has 0 spiro atoms. The second kappa shape index (κ2) is 9.34. The Bertz CT molecular complexity index is 1740. The Morgan fingerprint density at radius 2 is 1.95 bits per heavy atom. The molecule has 0 saturated carbocycles. The van der Waals surface area contributed by atoms with Crippen molar-refractivity contribution >= 4 is 33.4 Å². The number of nitrogens with zero attached hydrogens (tertiary/aromatic N) is 5. The van der Waals surface area contributed by atoms with E-state index in [0.29, 0.717) is 12.1 Å². The Labute approximate surface area is 213 Å². The highest BCUT2D eigenvalue weighted by molar-refractivity contribution is 5.99. The van der Waals surface area contributed by atoms with Crippen molar-refractivity contribution in [2.45, 2.75) is 33.1 Å². The van der Waals surface area contributed by atoms with Crippen molar-refractivity contribution in [1.82, 2.24) is 34.7 Å². The Morgan fingerprint density at radius 3 is 2.78 bits per heavy atom. The van der Waals surface area contributed by atoms with Gasteiger partial charge >= 0.3 is 0 Å². The number of aryl methyl sites for hydroxylation is 1. The van der Waals surface area contributed by atoms with Crippen LogP contribution in [0.1, 0.15) is 31.9 Å². The van der Waals surface area contributed by atoms with Crippen molar-refractivity contribution in [3.63, 3.8) is 0 Å². The van der Waals surface area contributed by atoms with E-state index in [0.717, 1.165) is 68.7 Å². The van der Waals surface area contributed by atoms with Crippen LogP contribution in [-0.4, -0.2) is 40.6 Å². The number of unbranched alkanes of at least 4 members (excludes halogenated alkanes) is 1. The number of nitrogens with one attached hydrogen (secondary N) is 3. The van der Waals surface area contributed by atoms with E-state index in [2.05, 4.69) is 54.5 Å². The average molecular weight is 491 g/mol. The lowest BCUT2D eigenvalue weighted by Crippen LogP contribution is -2.11. The quantitative estimate of drug-likeness (QED) is 0.262. The number of anilines is 1. The molecule has 0 unspecified atom stereocenters. The third-order valence-electron chi connectivity index (χ3n) is 6.41. The van der Waals surface area contributed by atoms with E-state index in [1.165, 1.54) is 0 Å². The van der Waals surface area contributed by atoms with E-state index in [-0.39, 0.29) is 5.91 Å². The summed E-state index contributed by atoms with van der Waals surface area (Å²) in [7, 11) is 0. The van der Waals surface area contributed by atoms with Crippen LogP contribution in [0.2, 0.25) is 0 Å². The number of carbonyl (C=O) groups is 1. The Morgan fingerprint density at radius 1 is 1.03 bits per heavy atom. The van der Waals surface area contributed by atoms with Crippen LogP contribution >= 0.6 is 0 Å². The number of pyridine rings is 2. The molecule has 0 radical (unpaired) electrons. The molecule has 5 aromatic heterocycles. The van der Waals surface area contributed by atoms with Gasteiger partial charge in [0.25, 0.3) is 0 Å². The molecule has 9 nitrogen and oxygen atoms in total. The summed E-state index contributed by atoms with van der Waals surface area (Å²) in [5, 5.41) is 12.7. The fraction of sp³-hybridized carbons (Fsp3) is 0.179. The molecule has 9 heteroatoms. The molecule has 1 aromatic carbocycles. The Balaban J connectivity index is 1.37. The third-order valence-corrected chi connectivity index (χ3v) is 6.41. The monoisotopic (exact) mass is 490 g/mol. The molecule has 0 aliphatic rings. The molecule has 6 aromatic rings. The summed E-state index contributed by atoms with van der Waals surface area (Å²) in [6, 6.07) is 12.1. The lowest BCUT2D eigenvalue weighted by atomic mass is 10.0. The van der Waals surface area contributed by atoms with Crippen LogP contribution in [0.4, 0.5) is 5.69 Å². The second-order valence-corrected chi connectivity index (χ2v) is 9.15. The van der Waals surface area contributed by atoms with Crippen LogP contribution in [0, 0.1) is 6.92 Å². The number of aromatic amines is 2. The standard InChI is InChI=1S/C28H26N8O/c1-3-4-5-26(37)32-20-10-19(13-29-14-20)18-6-7-24-21(11-18)27(35-34-24)25-12-22-23(33-25)8-9-30-28(22)36-15-17(2)31-16-36/h6-16,33H,3-5H2,1-2H3,(H,32,37)(H,34,35). The zero-order valence-corrected chi connectivity index (χ0v) is 20.6. The lowest BCUT2D eigenvalue weighted by Gasteiger charge is -2.07. The molecule has 0 atom stereocenters. The summed E-state index contributed by atoms with van der Waals surface area (Å²) >= 11 is 0. The highest BCUT2D eigenvalue weighted by atomic mass is 16.1. The van der Waals surface area contributed by atoms with Gasteiger partial charge in [-0.15, -0.1) is 0 Å². The van der Waals surface area contributed by atoms with Gasteiger partial charge < -0.3 is 10.3 Å². The van der Waals surface area contributed by atoms with Crippen molar-refractivity contribution in [1.29, 1.82) is 0 Å². The van der Waals surface area contributed by atoms with E-state index in [9.17, 15) is 4.79 Å². The zero-order chi connectivity index (χ0) is 25.4. The number of hydrogen-bond acceptors (Lipinski definition) is 5. The van der Waals surface area contributed by atoms with E-state index < -0.39 is 0 Å². The smallest absolute Gasteiger partial charge is 0.224 e. The molecule has 6 rings (SSSR count). The van der Waals surface area contributed by atoms with Crippen molar-refractivity contribution < 1.29 is 4.79 Å². The van der Waals surface area contributed by atoms with Crippen molar-refractivity contribution in [3.05, 3.63) is 73.2 Å². The Hall–Kier alpha value is -4.79. The van der Waals surface area contributed by atoms with Crippen LogP contribution in [0.25, 0.3) is 50.1 Å². The van der Waals surface area contributed by atoms with Gasteiger partial charge in [-0.25, -0.2) is 9.97 Å². The van der Waals surface area contributed by atoms with Crippen LogP contribution in [0.15, 0.2) is 67.5 Å². The minimum Gasteiger partial charge on any atom is -0.353 e. The predicted molar refractivity (Wildman–Crippen MR) is 144 cm³/mol. The Kier molecular flexibility index (Phi) is 5.72. The molecule has 5 heterocycles. The van der Waals surface area contributed by atoms with Crippen LogP contribution in [0.3, 0.4) is 0 Å². The third kappa shape index (κ3) is 4.35. The maximum atomic E-state index is 12.2.